The van der Waals surface area contributed by atoms with Crippen LogP contribution in [-0.4, -0.2) is 84.1 Å². The van der Waals surface area contributed by atoms with Crippen LogP contribution in [0.1, 0.15) is 46.9 Å². The summed E-state index contributed by atoms with van der Waals surface area (Å²) in [4.78, 5) is 31.3. The van der Waals surface area contributed by atoms with E-state index in [9.17, 15) is 18.0 Å². The van der Waals surface area contributed by atoms with Crippen LogP contribution in [0.4, 0.5) is 19.0 Å². The first-order valence-electron chi connectivity index (χ1n) is 14.1. The van der Waals surface area contributed by atoms with E-state index in [0.29, 0.717) is 43.3 Å². The molecule has 5 rings (SSSR count). The van der Waals surface area contributed by atoms with Crippen LogP contribution < -0.4 is 9.64 Å². The summed E-state index contributed by atoms with van der Waals surface area (Å²) >= 11 is 0. The minimum Gasteiger partial charge on any atom is -0.462 e. The quantitative estimate of drug-likeness (QED) is 0.357. The molecule has 2 saturated heterocycles. The number of aromatic nitrogens is 2. The molecular formula is C30H35F3N6O3. The van der Waals surface area contributed by atoms with Crippen LogP contribution >= 0.6 is 0 Å². The predicted molar refractivity (Wildman–Crippen MR) is 150 cm³/mol. The van der Waals surface area contributed by atoms with E-state index < -0.39 is 17.8 Å². The summed E-state index contributed by atoms with van der Waals surface area (Å²) in [7, 11) is 2.05. The first kappa shape index (κ1) is 29.8. The molecule has 1 unspecified atom stereocenters. The van der Waals surface area contributed by atoms with Crippen molar-refractivity contribution < 1.29 is 27.4 Å². The molecule has 3 aliphatic heterocycles. The molecule has 4 heterocycles. The number of carbonyl (C=O) groups is 1. The number of hydrogen-bond donors (Lipinski definition) is 0. The Balaban J connectivity index is 1.49. The third kappa shape index (κ3) is 6.08. The number of hydrogen-bond acceptors (Lipinski definition) is 7. The molecule has 12 heteroatoms. The van der Waals surface area contributed by atoms with E-state index in [-0.39, 0.29) is 54.7 Å². The SMILES string of the molecule is [C-]#[N+]C[C@H]1CN(c2nc(OC[C@@H]3CCCN3C)nc3c2COC(c2cccc(C)c2C(F)(F)F)C3)CCN1C(=O)C=C. The molecule has 0 aliphatic carbocycles. The van der Waals surface area contributed by atoms with E-state index in [1.807, 2.05) is 11.9 Å². The minimum absolute atomic E-state index is 0.0193. The van der Waals surface area contributed by atoms with Crippen molar-refractivity contribution in [2.45, 2.75) is 57.2 Å². The Morgan fingerprint density at radius 3 is 2.76 bits per heavy atom. The number of alkyl halides is 3. The molecular weight excluding hydrogens is 549 g/mol. The van der Waals surface area contributed by atoms with Gasteiger partial charge in [0.2, 0.25) is 12.5 Å². The topological polar surface area (TPSA) is 75.4 Å². The maximum atomic E-state index is 14.1. The fourth-order valence-corrected chi connectivity index (χ4v) is 6.18. The van der Waals surface area contributed by atoms with Crippen LogP contribution in [0, 0.1) is 13.5 Å². The first-order chi connectivity index (χ1) is 20.1. The summed E-state index contributed by atoms with van der Waals surface area (Å²) in [5.41, 5.74) is 0.797. The molecule has 224 valence electrons. The summed E-state index contributed by atoms with van der Waals surface area (Å²) in [5, 5.41) is 0. The van der Waals surface area contributed by atoms with Crippen molar-refractivity contribution in [3.63, 3.8) is 0 Å². The second kappa shape index (κ2) is 12.3. The predicted octanol–water partition coefficient (Wildman–Crippen LogP) is 4.21. The van der Waals surface area contributed by atoms with Crippen LogP contribution in [0.2, 0.25) is 0 Å². The van der Waals surface area contributed by atoms with Crippen molar-refractivity contribution in [2.75, 3.05) is 51.3 Å². The number of anilines is 1. The van der Waals surface area contributed by atoms with Gasteiger partial charge in [0.15, 0.2) is 0 Å². The third-order valence-corrected chi connectivity index (χ3v) is 8.41. The van der Waals surface area contributed by atoms with Crippen LogP contribution in [0.25, 0.3) is 4.85 Å². The van der Waals surface area contributed by atoms with Gasteiger partial charge in [0.1, 0.15) is 18.5 Å². The van der Waals surface area contributed by atoms with Gasteiger partial charge >= 0.3 is 12.2 Å². The highest BCUT2D eigenvalue weighted by atomic mass is 19.4. The fourth-order valence-electron chi connectivity index (χ4n) is 6.18. The summed E-state index contributed by atoms with van der Waals surface area (Å²) in [6.45, 7) is 15.1. The van der Waals surface area contributed by atoms with E-state index in [0.717, 1.165) is 19.4 Å². The maximum Gasteiger partial charge on any atom is 0.417 e. The number of halogens is 3. The number of benzene rings is 1. The largest absolute Gasteiger partial charge is 0.462 e. The van der Waals surface area contributed by atoms with Gasteiger partial charge < -0.3 is 29.0 Å². The Kier molecular flexibility index (Phi) is 8.70. The van der Waals surface area contributed by atoms with Crippen LogP contribution in [-0.2, 0) is 28.7 Å². The normalized spacial score (nSPS) is 22.9. The molecule has 0 spiro atoms. The van der Waals surface area contributed by atoms with Gasteiger partial charge in [0.05, 0.1) is 24.0 Å². The van der Waals surface area contributed by atoms with Gasteiger partial charge in [0, 0.05) is 37.7 Å². The number of piperazine rings is 1. The Bertz CT molecular complexity index is 1380. The van der Waals surface area contributed by atoms with E-state index in [2.05, 4.69) is 16.3 Å². The molecule has 3 aliphatic rings. The highest BCUT2D eigenvalue weighted by Gasteiger charge is 2.40. The summed E-state index contributed by atoms with van der Waals surface area (Å²) in [6.07, 6.45) is -1.92. The fraction of sp³-hybridized carbons (Fsp3) is 0.533. The van der Waals surface area contributed by atoms with Crippen molar-refractivity contribution in [2.24, 2.45) is 0 Å². The van der Waals surface area contributed by atoms with E-state index in [4.69, 9.17) is 26.0 Å². The molecule has 42 heavy (non-hydrogen) atoms. The zero-order chi connectivity index (χ0) is 30.0. The molecule has 0 radical (unpaired) electrons. The summed E-state index contributed by atoms with van der Waals surface area (Å²) in [5.74, 6) is 0.330. The van der Waals surface area contributed by atoms with Gasteiger partial charge in [-0.2, -0.15) is 23.1 Å². The molecule has 0 N–H and O–H groups in total. The van der Waals surface area contributed by atoms with Crippen LogP contribution in [0.5, 0.6) is 6.01 Å². The van der Waals surface area contributed by atoms with E-state index >= 15 is 0 Å². The molecule has 0 saturated carbocycles. The molecule has 2 fully saturated rings. The molecule has 3 atom stereocenters. The molecule has 0 bridgehead atoms. The van der Waals surface area contributed by atoms with Crippen LogP contribution in [0.15, 0.2) is 30.9 Å². The van der Waals surface area contributed by atoms with Crippen molar-refractivity contribution in [1.82, 2.24) is 19.8 Å². The number of carbonyl (C=O) groups excluding carboxylic acids is 1. The number of amides is 1. The third-order valence-electron chi connectivity index (χ3n) is 8.41. The number of likely N-dealkylation sites (tertiary alicyclic amines) is 1. The van der Waals surface area contributed by atoms with Gasteiger partial charge in [-0.25, -0.2) is 6.57 Å². The summed E-state index contributed by atoms with van der Waals surface area (Å²) in [6, 6.07) is 4.54. The Morgan fingerprint density at radius 2 is 2.07 bits per heavy atom. The Morgan fingerprint density at radius 1 is 1.26 bits per heavy atom. The van der Waals surface area contributed by atoms with Crippen molar-refractivity contribution >= 4 is 11.7 Å². The smallest absolute Gasteiger partial charge is 0.417 e. The van der Waals surface area contributed by atoms with Crippen molar-refractivity contribution in [3.8, 4) is 6.01 Å². The lowest BCUT2D eigenvalue weighted by atomic mass is 9.92. The van der Waals surface area contributed by atoms with E-state index in [1.54, 1.807) is 11.0 Å². The monoisotopic (exact) mass is 584 g/mol. The molecule has 1 aromatic heterocycles. The number of nitrogens with zero attached hydrogens (tertiary/aromatic N) is 6. The second-order valence-corrected chi connectivity index (χ2v) is 11.1. The lowest BCUT2D eigenvalue weighted by molar-refractivity contribution is -0.140. The lowest BCUT2D eigenvalue weighted by Crippen LogP contribution is -2.56. The number of fused-ring (bicyclic) bond motifs is 1. The zero-order valence-corrected chi connectivity index (χ0v) is 23.9. The highest BCUT2D eigenvalue weighted by Crippen LogP contribution is 2.42. The van der Waals surface area contributed by atoms with Gasteiger partial charge in [-0.05, 0) is 50.6 Å². The minimum atomic E-state index is -4.52. The Labute approximate surface area is 243 Å². The molecule has 1 amide bonds. The average molecular weight is 585 g/mol. The lowest BCUT2D eigenvalue weighted by Gasteiger charge is -2.40. The van der Waals surface area contributed by atoms with Crippen molar-refractivity contribution in [3.05, 3.63) is 70.2 Å². The number of rotatable bonds is 7. The summed E-state index contributed by atoms with van der Waals surface area (Å²) < 4.78 is 54.4. The molecule has 9 nitrogen and oxygen atoms in total. The standard InChI is InChI=1S/C30H35F3N6O3/c1-5-26(40)39-13-12-38(16-21(39)15-34-3)28-23-18-41-25(22-10-6-8-19(2)27(22)30(31,32)33)14-24(23)35-29(36-28)42-17-20-9-7-11-37(20)4/h5-6,8,10,20-21,25H,1,7,9,11-18H2,2,4H3/t20-,21-,25?/m0/s1. The first-order valence-corrected chi connectivity index (χ1v) is 14.1. The van der Waals surface area contributed by atoms with E-state index in [1.165, 1.54) is 25.1 Å². The number of aryl methyl sites for hydroxylation is 1. The molecule has 1 aromatic carbocycles. The number of ether oxygens (including phenoxy) is 2. The average Bonchev–Trinajstić information content (AvgIpc) is 3.38. The van der Waals surface area contributed by atoms with Gasteiger partial charge in [-0.1, -0.05) is 24.8 Å². The van der Waals surface area contributed by atoms with Gasteiger partial charge in [0.25, 0.3) is 0 Å². The second-order valence-electron chi connectivity index (χ2n) is 11.1. The number of likely N-dealkylation sites (N-methyl/N-ethyl adjacent to an activating group) is 1. The molecule has 2 aromatic rings. The Hall–Kier alpha value is -3.69. The zero-order valence-electron chi connectivity index (χ0n) is 23.9. The van der Waals surface area contributed by atoms with Crippen LogP contribution in [0.3, 0.4) is 0 Å². The van der Waals surface area contributed by atoms with Crippen molar-refractivity contribution in [1.29, 1.82) is 0 Å². The maximum absolute atomic E-state index is 14.1. The van der Waals surface area contributed by atoms with Gasteiger partial charge in [-0.3, -0.25) is 4.79 Å². The highest BCUT2D eigenvalue weighted by molar-refractivity contribution is 5.87. The van der Waals surface area contributed by atoms with Gasteiger partial charge in [-0.15, -0.1) is 0 Å².